The molecule has 1 heterocycles. The summed E-state index contributed by atoms with van der Waals surface area (Å²) >= 11 is 6.14. The van der Waals surface area contributed by atoms with E-state index in [1.165, 1.54) is 18.2 Å². The van der Waals surface area contributed by atoms with Crippen LogP contribution in [0.1, 0.15) is 10.4 Å². The molecule has 0 atom stereocenters. The van der Waals surface area contributed by atoms with Crippen molar-refractivity contribution >= 4 is 28.9 Å². The molecule has 0 saturated heterocycles. The molecule has 0 aliphatic carbocycles. The summed E-state index contributed by atoms with van der Waals surface area (Å²) in [5.74, 6) is -0.414. The molecule has 0 aliphatic heterocycles. The van der Waals surface area contributed by atoms with Gasteiger partial charge in [-0.25, -0.2) is 0 Å². The predicted octanol–water partition coefficient (Wildman–Crippen LogP) is 7.63. The van der Waals surface area contributed by atoms with Crippen LogP contribution in [0.3, 0.4) is 0 Å². The summed E-state index contributed by atoms with van der Waals surface area (Å²) in [6.07, 6.45) is 0. The summed E-state index contributed by atoms with van der Waals surface area (Å²) in [5, 5.41) is 14.0. The minimum Gasteiger partial charge on any atom is -0.320 e. The highest BCUT2D eigenvalue weighted by atomic mass is 35.5. The summed E-state index contributed by atoms with van der Waals surface area (Å²) in [6, 6.07) is 35.5. The number of benzene rings is 4. The van der Waals surface area contributed by atoms with Crippen molar-refractivity contribution in [2.45, 2.75) is 0 Å². The molecule has 7 heteroatoms. The number of hydrogen-bond acceptors (Lipinski definition) is 3. The Morgan fingerprint density at radius 3 is 1.83 bits per heavy atom. The second-order valence-corrected chi connectivity index (χ2v) is 8.50. The number of anilines is 1. The molecule has 4 aromatic carbocycles. The normalized spacial score (nSPS) is 10.7. The number of rotatable bonds is 6. The van der Waals surface area contributed by atoms with Gasteiger partial charge in [-0.1, -0.05) is 72.3 Å². The van der Waals surface area contributed by atoms with Crippen molar-refractivity contribution in [2.24, 2.45) is 0 Å². The first-order chi connectivity index (χ1) is 17.5. The zero-order valence-electron chi connectivity index (χ0n) is 19.0. The number of nitrogens with zero attached hydrogens (tertiary/aromatic N) is 2. The summed E-state index contributed by atoms with van der Waals surface area (Å²) in [5.41, 5.74) is 5.51. The fraction of sp³-hybridized carbons (Fsp3) is 0. The van der Waals surface area contributed by atoms with Crippen molar-refractivity contribution in [1.29, 1.82) is 0 Å². The maximum atomic E-state index is 12.9. The average molecular weight is 494 g/mol. The van der Waals surface area contributed by atoms with E-state index in [9.17, 15) is 14.9 Å². The zero-order valence-corrected chi connectivity index (χ0v) is 19.7. The van der Waals surface area contributed by atoms with Gasteiger partial charge in [-0.05, 0) is 53.6 Å². The van der Waals surface area contributed by atoms with Crippen LogP contribution in [0.25, 0.3) is 28.2 Å². The molecule has 1 amide bonds. The lowest BCUT2D eigenvalue weighted by Gasteiger charge is -2.15. The van der Waals surface area contributed by atoms with Crippen LogP contribution in [0.2, 0.25) is 5.02 Å². The SMILES string of the molecule is O=C(Nc1cc([N+](=O)[O-])ccc1Cl)c1ccc(-n2c(-c3ccccc3)ccc2-c2ccccc2)cc1. The lowest BCUT2D eigenvalue weighted by atomic mass is 10.1. The van der Waals surface area contributed by atoms with Gasteiger partial charge in [-0.2, -0.15) is 0 Å². The average Bonchev–Trinajstić information content (AvgIpc) is 3.36. The zero-order chi connectivity index (χ0) is 25.1. The van der Waals surface area contributed by atoms with E-state index in [4.69, 9.17) is 11.6 Å². The highest BCUT2D eigenvalue weighted by molar-refractivity contribution is 6.34. The molecule has 6 nitrogen and oxygen atoms in total. The Labute approximate surface area is 212 Å². The Hall–Kier alpha value is -4.68. The van der Waals surface area contributed by atoms with Gasteiger partial charge in [0.05, 0.1) is 27.0 Å². The first kappa shape index (κ1) is 23.1. The number of hydrogen-bond donors (Lipinski definition) is 1. The highest BCUT2D eigenvalue weighted by Crippen LogP contribution is 2.33. The number of halogens is 1. The van der Waals surface area contributed by atoms with Gasteiger partial charge >= 0.3 is 0 Å². The molecule has 1 aromatic heterocycles. The van der Waals surface area contributed by atoms with Crippen LogP contribution < -0.4 is 5.32 Å². The third-order valence-electron chi connectivity index (χ3n) is 5.82. The number of carbonyl (C=O) groups excluding carboxylic acids is 1. The predicted molar refractivity (Wildman–Crippen MR) is 143 cm³/mol. The molecule has 0 radical (unpaired) electrons. The third-order valence-corrected chi connectivity index (χ3v) is 6.15. The van der Waals surface area contributed by atoms with E-state index in [-0.39, 0.29) is 16.4 Å². The number of amides is 1. The van der Waals surface area contributed by atoms with Crippen LogP contribution in [0.5, 0.6) is 0 Å². The molecule has 36 heavy (non-hydrogen) atoms. The van der Waals surface area contributed by atoms with E-state index in [1.807, 2.05) is 48.5 Å². The lowest BCUT2D eigenvalue weighted by Crippen LogP contribution is -2.12. The first-order valence-corrected chi connectivity index (χ1v) is 11.6. The standard InChI is InChI=1S/C29H20ClN3O3/c30-25-16-15-24(33(35)36)19-26(25)31-29(34)22-11-13-23(14-12-22)32-27(20-7-3-1-4-8-20)17-18-28(32)21-9-5-2-6-10-21/h1-19H,(H,31,34). The number of nitro groups is 1. The van der Waals surface area contributed by atoms with Gasteiger partial charge in [0.2, 0.25) is 0 Å². The van der Waals surface area contributed by atoms with E-state index < -0.39 is 10.8 Å². The van der Waals surface area contributed by atoms with Gasteiger partial charge < -0.3 is 9.88 Å². The van der Waals surface area contributed by atoms with Crippen LogP contribution >= 0.6 is 11.6 Å². The van der Waals surface area contributed by atoms with Crippen LogP contribution in [-0.2, 0) is 0 Å². The summed E-state index contributed by atoms with van der Waals surface area (Å²) in [7, 11) is 0. The topological polar surface area (TPSA) is 77.2 Å². The molecule has 5 aromatic rings. The van der Waals surface area contributed by atoms with E-state index >= 15 is 0 Å². The van der Waals surface area contributed by atoms with E-state index in [0.29, 0.717) is 5.56 Å². The quantitative estimate of drug-likeness (QED) is 0.195. The fourth-order valence-electron chi connectivity index (χ4n) is 4.06. The highest BCUT2D eigenvalue weighted by Gasteiger charge is 2.16. The van der Waals surface area contributed by atoms with Crippen molar-refractivity contribution in [3.8, 4) is 28.2 Å². The molecule has 0 spiro atoms. The molecule has 1 N–H and O–H groups in total. The monoisotopic (exact) mass is 493 g/mol. The second kappa shape index (κ2) is 9.90. The van der Waals surface area contributed by atoms with Gasteiger partial charge in [0.1, 0.15) is 0 Å². The summed E-state index contributed by atoms with van der Waals surface area (Å²) in [6.45, 7) is 0. The van der Waals surface area contributed by atoms with Crippen molar-refractivity contribution in [3.63, 3.8) is 0 Å². The Bertz CT molecular complexity index is 1490. The Balaban J connectivity index is 1.50. The maximum Gasteiger partial charge on any atom is 0.271 e. The molecular weight excluding hydrogens is 474 g/mol. The van der Waals surface area contributed by atoms with Gasteiger partial charge in [0.25, 0.3) is 11.6 Å². The van der Waals surface area contributed by atoms with Crippen molar-refractivity contribution in [3.05, 3.63) is 136 Å². The van der Waals surface area contributed by atoms with E-state index in [0.717, 1.165) is 28.2 Å². The summed E-state index contributed by atoms with van der Waals surface area (Å²) < 4.78 is 2.16. The second-order valence-electron chi connectivity index (χ2n) is 8.09. The largest absolute Gasteiger partial charge is 0.320 e. The number of carbonyl (C=O) groups is 1. The van der Waals surface area contributed by atoms with E-state index in [1.54, 1.807) is 12.1 Å². The Morgan fingerprint density at radius 1 is 0.750 bits per heavy atom. The molecule has 0 aliphatic rings. The van der Waals surface area contributed by atoms with Gasteiger partial charge in [-0.3, -0.25) is 14.9 Å². The Kier molecular flexibility index (Phi) is 6.34. The van der Waals surface area contributed by atoms with Crippen LogP contribution in [0.4, 0.5) is 11.4 Å². The lowest BCUT2D eigenvalue weighted by molar-refractivity contribution is -0.384. The van der Waals surface area contributed by atoms with Crippen LogP contribution in [0, 0.1) is 10.1 Å². The van der Waals surface area contributed by atoms with Gasteiger partial charge in [0.15, 0.2) is 0 Å². The summed E-state index contributed by atoms with van der Waals surface area (Å²) in [4.78, 5) is 23.4. The number of nitro benzene ring substituents is 1. The Morgan fingerprint density at radius 2 is 1.31 bits per heavy atom. The first-order valence-electron chi connectivity index (χ1n) is 11.2. The third kappa shape index (κ3) is 4.62. The molecule has 0 unspecified atom stereocenters. The molecule has 5 rings (SSSR count). The van der Waals surface area contributed by atoms with Crippen LogP contribution in [0.15, 0.2) is 115 Å². The van der Waals surface area contributed by atoms with Crippen LogP contribution in [-0.4, -0.2) is 15.4 Å². The molecule has 176 valence electrons. The smallest absolute Gasteiger partial charge is 0.271 e. The molecule has 0 bridgehead atoms. The van der Waals surface area contributed by atoms with E-state index in [2.05, 4.69) is 46.3 Å². The maximum absolute atomic E-state index is 12.9. The molecular formula is C29H20ClN3O3. The van der Waals surface area contributed by atoms with Gasteiger partial charge in [-0.15, -0.1) is 0 Å². The molecule has 0 saturated carbocycles. The number of nitrogens with one attached hydrogen (secondary N) is 1. The number of aromatic nitrogens is 1. The van der Waals surface area contributed by atoms with Crippen molar-refractivity contribution < 1.29 is 9.72 Å². The fourth-order valence-corrected chi connectivity index (χ4v) is 4.23. The molecule has 0 fully saturated rings. The van der Waals surface area contributed by atoms with Crippen molar-refractivity contribution in [2.75, 3.05) is 5.32 Å². The number of non-ortho nitro benzene ring substituents is 1. The minimum absolute atomic E-state index is 0.153. The minimum atomic E-state index is -0.535. The van der Waals surface area contributed by atoms with Gasteiger partial charge in [0, 0.05) is 23.4 Å². The van der Waals surface area contributed by atoms with Crippen molar-refractivity contribution in [1.82, 2.24) is 4.57 Å².